The van der Waals surface area contributed by atoms with Crippen LogP contribution >= 0.6 is 0 Å². The first kappa shape index (κ1) is 17.3. The van der Waals surface area contributed by atoms with Crippen LogP contribution in [0.5, 0.6) is 0 Å². The van der Waals surface area contributed by atoms with Crippen LogP contribution in [0.3, 0.4) is 0 Å². The average Bonchev–Trinajstić information content (AvgIpc) is 3.36. The molecule has 0 unspecified atom stereocenters. The number of H-pyrrole nitrogens is 1. The highest BCUT2D eigenvalue weighted by Gasteiger charge is 2.25. The predicted molar refractivity (Wildman–Crippen MR) is 106 cm³/mol. The Morgan fingerprint density at radius 1 is 1.11 bits per heavy atom. The van der Waals surface area contributed by atoms with Crippen molar-refractivity contribution in [3.63, 3.8) is 0 Å². The van der Waals surface area contributed by atoms with Gasteiger partial charge in [0.05, 0.1) is 5.69 Å². The third-order valence-corrected chi connectivity index (χ3v) is 5.90. The molecule has 1 aliphatic heterocycles. The molecule has 3 aromatic rings. The second-order valence-corrected chi connectivity index (χ2v) is 7.67. The van der Waals surface area contributed by atoms with E-state index in [4.69, 9.17) is 4.42 Å². The number of carbonyl (C=O) groups excluding carboxylic acids is 1. The van der Waals surface area contributed by atoms with Gasteiger partial charge in [-0.2, -0.15) is 10.1 Å². The van der Waals surface area contributed by atoms with Crippen molar-refractivity contribution in [3.05, 3.63) is 41.2 Å². The Kier molecular flexibility index (Phi) is 4.50. The summed E-state index contributed by atoms with van der Waals surface area (Å²) in [6.07, 6.45) is 5.91. The second-order valence-electron chi connectivity index (χ2n) is 7.67. The summed E-state index contributed by atoms with van der Waals surface area (Å²) in [7, 11) is 0. The highest BCUT2D eigenvalue weighted by Crippen LogP contribution is 2.24. The predicted octanol–water partition coefficient (Wildman–Crippen LogP) is 2.71. The molecule has 1 fully saturated rings. The molecular formula is C21H25N5O2. The van der Waals surface area contributed by atoms with Gasteiger partial charge in [0.15, 0.2) is 5.58 Å². The van der Waals surface area contributed by atoms with Crippen LogP contribution in [0.1, 0.15) is 36.2 Å². The summed E-state index contributed by atoms with van der Waals surface area (Å²) in [4.78, 5) is 21.3. The van der Waals surface area contributed by atoms with Gasteiger partial charge in [-0.15, -0.1) is 0 Å². The fourth-order valence-electron chi connectivity index (χ4n) is 4.28. The third kappa shape index (κ3) is 3.25. The Morgan fingerprint density at radius 2 is 1.93 bits per heavy atom. The van der Waals surface area contributed by atoms with E-state index in [0.717, 1.165) is 49.1 Å². The number of oxazole rings is 1. The van der Waals surface area contributed by atoms with Crippen molar-refractivity contribution in [3.8, 4) is 0 Å². The molecule has 0 bridgehead atoms. The van der Waals surface area contributed by atoms with Gasteiger partial charge in [-0.3, -0.25) is 9.89 Å². The van der Waals surface area contributed by atoms with E-state index in [0.29, 0.717) is 25.5 Å². The zero-order valence-electron chi connectivity index (χ0n) is 16.0. The molecule has 5 rings (SSSR count). The van der Waals surface area contributed by atoms with Crippen molar-refractivity contribution in [2.75, 3.05) is 31.1 Å². The Labute approximate surface area is 163 Å². The maximum Gasteiger partial charge on any atom is 0.298 e. The van der Waals surface area contributed by atoms with Crippen LogP contribution in [-0.4, -0.2) is 52.2 Å². The normalized spacial score (nSPS) is 17.1. The van der Waals surface area contributed by atoms with E-state index < -0.39 is 0 Å². The lowest BCUT2D eigenvalue weighted by Gasteiger charge is -2.33. The van der Waals surface area contributed by atoms with Gasteiger partial charge in [0.1, 0.15) is 5.52 Å². The Morgan fingerprint density at radius 3 is 2.79 bits per heavy atom. The van der Waals surface area contributed by atoms with Gasteiger partial charge in [-0.05, 0) is 43.4 Å². The molecular weight excluding hydrogens is 354 g/mol. The molecule has 0 spiro atoms. The zero-order valence-corrected chi connectivity index (χ0v) is 16.0. The van der Waals surface area contributed by atoms with Crippen LogP contribution in [0.4, 0.5) is 6.01 Å². The Balaban J connectivity index is 1.16. The molecule has 2 aromatic heterocycles. The van der Waals surface area contributed by atoms with E-state index >= 15 is 0 Å². The number of piperazine rings is 1. The van der Waals surface area contributed by atoms with Crippen LogP contribution in [0.25, 0.3) is 11.1 Å². The van der Waals surface area contributed by atoms with Gasteiger partial charge in [0.2, 0.25) is 5.91 Å². The number of nitrogens with zero attached hydrogens (tertiary/aromatic N) is 4. The molecule has 1 aliphatic carbocycles. The van der Waals surface area contributed by atoms with Gasteiger partial charge >= 0.3 is 0 Å². The van der Waals surface area contributed by atoms with Crippen LogP contribution in [0.15, 0.2) is 28.7 Å². The van der Waals surface area contributed by atoms with Crippen molar-refractivity contribution < 1.29 is 9.21 Å². The molecule has 0 saturated carbocycles. The number of hydrogen-bond donors (Lipinski definition) is 1. The first-order chi connectivity index (χ1) is 13.8. The first-order valence-corrected chi connectivity index (χ1v) is 10.2. The van der Waals surface area contributed by atoms with E-state index in [2.05, 4.69) is 20.1 Å². The molecule has 7 heteroatoms. The number of rotatable bonds is 4. The minimum absolute atomic E-state index is 0.213. The summed E-state index contributed by atoms with van der Waals surface area (Å²) >= 11 is 0. The SMILES string of the molecule is O=C(CCc1n[nH]c2c1CCCC2)N1CCN(c2nc3ccccc3o2)CC1. The smallest absolute Gasteiger partial charge is 0.298 e. The number of para-hydroxylation sites is 2. The van der Waals surface area contributed by atoms with Crippen LogP contribution < -0.4 is 4.90 Å². The standard InChI is InChI=1S/C21H25N5O2/c27-20(10-9-17-15-5-1-2-6-16(15)23-24-17)25-11-13-26(14-12-25)21-22-18-7-3-4-8-19(18)28-21/h3-4,7-8H,1-2,5-6,9-14H2,(H,23,24). The van der Waals surface area contributed by atoms with Crippen molar-refractivity contribution in [2.24, 2.45) is 0 Å². The first-order valence-electron chi connectivity index (χ1n) is 10.2. The molecule has 146 valence electrons. The summed E-state index contributed by atoms with van der Waals surface area (Å²) in [5, 5.41) is 7.63. The molecule has 28 heavy (non-hydrogen) atoms. The van der Waals surface area contributed by atoms with E-state index in [1.54, 1.807) is 0 Å². The third-order valence-electron chi connectivity index (χ3n) is 5.90. The maximum atomic E-state index is 12.7. The van der Waals surface area contributed by atoms with Crippen molar-refractivity contribution in [1.82, 2.24) is 20.1 Å². The fourth-order valence-corrected chi connectivity index (χ4v) is 4.28. The van der Waals surface area contributed by atoms with Crippen LogP contribution in [0, 0.1) is 0 Å². The Hall–Kier alpha value is -2.83. The molecule has 1 amide bonds. The maximum absolute atomic E-state index is 12.7. The van der Waals surface area contributed by atoms with E-state index in [-0.39, 0.29) is 5.91 Å². The van der Waals surface area contributed by atoms with Gasteiger partial charge in [0, 0.05) is 44.7 Å². The van der Waals surface area contributed by atoms with E-state index in [9.17, 15) is 4.79 Å². The molecule has 0 atom stereocenters. The van der Waals surface area contributed by atoms with Crippen LogP contribution in [0.2, 0.25) is 0 Å². The molecule has 3 heterocycles. The summed E-state index contributed by atoms with van der Waals surface area (Å²) < 4.78 is 5.85. The second kappa shape index (κ2) is 7.30. The summed E-state index contributed by atoms with van der Waals surface area (Å²) in [6, 6.07) is 8.44. The minimum atomic E-state index is 0.213. The molecule has 1 saturated heterocycles. The van der Waals surface area contributed by atoms with Crippen molar-refractivity contribution >= 4 is 23.0 Å². The number of carbonyl (C=O) groups is 1. The molecule has 2 aliphatic rings. The summed E-state index contributed by atoms with van der Waals surface area (Å²) in [6.45, 7) is 2.90. The molecule has 7 nitrogen and oxygen atoms in total. The molecule has 0 radical (unpaired) electrons. The van der Waals surface area contributed by atoms with Gasteiger partial charge in [-0.25, -0.2) is 0 Å². The highest BCUT2D eigenvalue weighted by atomic mass is 16.4. The number of anilines is 1. The minimum Gasteiger partial charge on any atom is -0.423 e. The molecule has 1 N–H and O–H groups in total. The van der Waals surface area contributed by atoms with Crippen molar-refractivity contribution in [2.45, 2.75) is 38.5 Å². The topological polar surface area (TPSA) is 78.3 Å². The van der Waals surface area contributed by atoms with Gasteiger partial charge in [-0.1, -0.05) is 12.1 Å². The summed E-state index contributed by atoms with van der Waals surface area (Å²) in [5.74, 6) is 0.213. The number of aromatic amines is 1. The number of fused-ring (bicyclic) bond motifs is 2. The lowest BCUT2D eigenvalue weighted by Crippen LogP contribution is -2.49. The Bertz CT molecular complexity index is 951. The zero-order chi connectivity index (χ0) is 18.9. The number of nitrogens with one attached hydrogen (secondary N) is 1. The number of aromatic nitrogens is 3. The van der Waals surface area contributed by atoms with Gasteiger partial charge < -0.3 is 14.2 Å². The summed E-state index contributed by atoms with van der Waals surface area (Å²) in [5.41, 5.74) is 5.41. The van der Waals surface area contributed by atoms with E-state index in [1.807, 2.05) is 29.2 Å². The number of amides is 1. The van der Waals surface area contributed by atoms with Crippen LogP contribution in [-0.2, 0) is 24.1 Å². The highest BCUT2D eigenvalue weighted by molar-refractivity contribution is 5.77. The number of hydrogen-bond acceptors (Lipinski definition) is 5. The largest absolute Gasteiger partial charge is 0.423 e. The fraction of sp³-hybridized carbons (Fsp3) is 0.476. The molecule has 1 aromatic carbocycles. The monoisotopic (exact) mass is 379 g/mol. The number of aryl methyl sites for hydroxylation is 2. The average molecular weight is 379 g/mol. The quantitative estimate of drug-likeness (QED) is 0.754. The lowest BCUT2D eigenvalue weighted by molar-refractivity contribution is -0.131. The van der Waals surface area contributed by atoms with Gasteiger partial charge in [0.25, 0.3) is 6.01 Å². The van der Waals surface area contributed by atoms with E-state index in [1.165, 1.54) is 24.1 Å². The number of benzene rings is 1. The lowest BCUT2D eigenvalue weighted by atomic mass is 9.94. The van der Waals surface area contributed by atoms with Crippen molar-refractivity contribution in [1.29, 1.82) is 0 Å².